The van der Waals surface area contributed by atoms with Gasteiger partial charge in [0, 0.05) is 32.7 Å². The number of aromatic hydroxyl groups is 1. The summed E-state index contributed by atoms with van der Waals surface area (Å²) < 4.78 is 20.1. The van der Waals surface area contributed by atoms with E-state index in [4.69, 9.17) is 4.74 Å². The van der Waals surface area contributed by atoms with Crippen molar-refractivity contribution in [1.82, 2.24) is 19.4 Å². The lowest BCUT2D eigenvalue weighted by molar-refractivity contribution is 0.0318. The Labute approximate surface area is 160 Å². The summed E-state index contributed by atoms with van der Waals surface area (Å²) in [6.07, 6.45) is 0. The van der Waals surface area contributed by atoms with Crippen molar-refractivity contribution in [3.63, 3.8) is 0 Å². The molecule has 0 radical (unpaired) electrons. The second-order valence-corrected chi connectivity index (χ2v) is 6.92. The van der Waals surface area contributed by atoms with Gasteiger partial charge in [0.25, 0.3) is 5.91 Å². The summed E-state index contributed by atoms with van der Waals surface area (Å²) in [5.41, 5.74) is -0.0595. The normalized spacial score (nSPS) is 17.6. The summed E-state index contributed by atoms with van der Waals surface area (Å²) in [7, 11) is 0. The molecule has 1 aromatic heterocycles. The van der Waals surface area contributed by atoms with Crippen molar-refractivity contribution in [2.45, 2.75) is 19.6 Å². The van der Waals surface area contributed by atoms with Gasteiger partial charge >= 0.3 is 5.56 Å². The number of halogens is 1. The lowest BCUT2D eigenvalue weighted by atomic mass is 10.1. The molecule has 1 N–H and O–H groups in total. The van der Waals surface area contributed by atoms with Gasteiger partial charge < -0.3 is 19.3 Å². The molecule has 1 fully saturated rings. The van der Waals surface area contributed by atoms with E-state index in [1.165, 1.54) is 12.1 Å². The first-order valence-electron chi connectivity index (χ1n) is 9.19. The van der Waals surface area contributed by atoms with E-state index in [9.17, 15) is 19.1 Å². The monoisotopic (exact) mass is 388 g/mol. The minimum atomic E-state index is -0.800. The number of aromatic nitrogens is 2. The smallest absolute Gasteiger partial charge is 0.315 e. The molecule has 2 aliphatic heterocycles. The quantitative estimate of drug-likeness (QED) is 0.824. The van der Waals surface area contributed by atoms with E-state index >= 15 is 0 Å². The molecule has 3 heterocycles. The first-order valence-corrected chi connectivity index (χ1v) is 9.19. The molecular formula is C19H21FN4O4. The van der Waals surface area contributed by atoms with Crippen LogP contribution >= 0.6 is 0 Å². The van der Waals surface area contributed by atoms with Crippen LogP contribution in [-0.2, 0) is 24.4 Å². The molecule has 1 saturated heterocycles. The average molecular weight is 388 g/mol. The van der Waals surface area contributed by atoms with Crippen molar-refractivity contribution < 1.29 is 19.0 Å². The second-order valence-electron chi connectivity index (χ2n) is 6.92. The van der Waals surface area contributed by atoms with Crippen molar-refractivity contribution >= 4 is 5.91 Å². The highest BCUT2D eigenvalue weighted by Crippen LogP contribution is 2.22. The first-order chi connectivity index (χ1) is 13.5. The Bertz CT molecular complexity index is 938. The van der Waals surface area contributed by atoms with E-state index in [2.05, 4.69) is 9.88 Å². The summed E-state index contributed by atoms with van der Waals surface area (Å²) in [5, 5.41) is 10.2. The molecule has 0 saturated carbocycles. The fourth-order valence-corrected chi connectivity index (χ4v) is 3.56. The SMILES string of the molecule is O=C1c2c(O)c(=O)nc(CN3CCOCC3)n2CCN1Cc1ccc(F)cc1. The number of benzene rings is 1. The third kappa shape index (κ3) is 3.63. The molecule has 4 rings (SSSR count). The Morgan fingerprint density at radius 3 is 2.46 bits per heavy atom. The van der Waals surface area contributed by atoms with Gasteiger partial charge in [0.2, 0.25) is 5.75 Å². The molecule has 9 heteroatoms. The van der Waals surface area contributed by atoms with Crippen LogP contribution in [0.3, 0.4) is 0 Å². The van der Waals surface area contributed by atoms with Gasteiger partial charge in [-0.15, -0.1) is 0 Å². The number of hydrogen-bond donors (Lipinski definition) is 1. The van der Waals surface area contributed by atoms with Crippen molar-refractivity contribution in [2.75, 3.05) is 32.8 Å². The summed E-state index contributed by atoms with van der Waals surface area (Å²) in [6.45, 7) is 4.17. The van der Waals surface area contributed by atoms with Crippen molar-refractivity contribution in [1.29, 1.82) is 0 Å². The van der Waals surface area contributed by atoms with Gasteiger partial charge in [-0.25, -0.2) is 4.39 Å². The first kappa shape index (κ1) is 18.6. The lowest BCUT2D eigenvalue weighted by Crippen LogP contribution is -2.44. The van der Waals surface area contributed by atoms with Gasteiger partial charge in [0.1, 0.15) is 11.6 Å². The molecule has 0 unspecified atom stereocenters. The molecule has 2 aromatic rings. The number of ether oxygens (including phenoxy) is 1. The largest absolute Gasteiger partial charge is 0.501 e. The molecule has 0 bridgehead atoms. The Morgan fingerprint density at radius 1 is 1.04 bits per heavy atom. The zero-order valence-electron chi connectivity index (χ0n) is 15.3. The van der Waals surface area contributed by atoms with Crippen LogP contribution in [0.1, 0.15) is 21.9 Å². The van der Waals surface area contributed by atoms with E-state index in [0.29, 0.717) is 38.7 Å². The maximum Gasteiger partial charge on any atom is 0.315 e. The van der Waals surface area contributed by atoms with E-state index in [1.54, 1.807) is 21.6 Å². The van der Waals surface area contributed by atoms with E-state index < -0.39 is 17.2 Å². The van der Waals surface area contributed by atoms with Crippen LogP contribution in [0.2, 0.25) is 0 Å². The Kier molecular flexibility index (Phi) is 5.10. The average Bonchev–Trinajstić information content (AvgIpc) is 2.70. The minimum absolute atomic E-state index is 0.0309. The molecule has 0 spiro atoms. The summed E-state index contributed by atoms with van der Waals surface area (Å²) >= 11 is 0. The lowest BCUT2D eigenvalue weighted by Gasteiger charge is -2.33. The van der Waals surface area contributed by atoms with E-state index in [1.807, 2.05) is 0 Å². The standard InChI is InChI=1S/C19H21FN4O4/c20-14-3-1-13(2-4-14)11-23-5-6-24-15(12-22-7-9-28-10-8-22)21-18(26)17(25)16(24)19(23)27/h1-4,25H,5-12H2. The number of fused-ring (bicyclic) bond motifs is 1. The molecule has 1 amide bonds. The highest BCUT2D eigenvalue weighted by Gasteiger charge is 2.31. The third-order valence-corrected chi connectivity index (χ3v) is 5.08. The van der Waals surface area contributed by atoms with Crippen LogP contribution in [0.5, 0.6) is 5.75 Å². The zero-order valence-corrected chi connectivity index (χ0v) is 15.3. The fraction of sp³-hybridized carbons (Fsp3) is 0.421. The predicted molar refractivity (Wildman–Crippen MR) is 97.4 cm³/mol. The molecule has 8 nitrogen and oxygen atoms in total. The van der Waals surface area contributed by atoms with Crippen molar-refractivity contribution in [3.8, 4) is 5.75 Å². The van der Waals surface area contributed by atoms with Gasteiger partial charge in [0.15, 0.2) is 5.69 Å². The molecule has 0 aliphatic carbocycles. The Balaban J connectivity index is 1.62. The highest BCUT2D eigenvalue weighted by molar-refractivity contribution is 5.95. The minimum Gasteiger partial charge on any atom is -0.501 e. The van der Waals surface area contributed by atoms with Crippen LogP contribution in [0, 0.1) is 5.82 Å². The van der Waals surface area contributed by atoms with Gasteiger partial charge in [-0.05, 0) is 17.7 Å². The summed E-state index contributed by atoms with van der Waals surface area (Å²) in [4.78, 5) is 32.8. The van der Waals surface area contributed by atoms with Crippen LogP contribution in [0.4, 0.5) is 4.39 Å². The number of hydrogen-bond acceptors (Lipinski definition) is 6. The van der Waals surface area contributed by atoms with Gasteiger partial charge in [0.05, 0.1) is 19.8 Å². The topological polar surface area (TPSA) is 87.9 Å². The zero-order chi connectivity index (χ0) is 19.7. The van der Waals surface area contributed by atoms with E-state index in [-0.39, 0.29) is 18.1 Å². The number of carbonyl (C=O) groups is 1. The summed E-state index contributed by atoms with van der Waals surface area (Å²) in [6, 6.07) is 5.90. The van der Waals surface area contributed by atoms with Gasteiger partial charge in [-0.3, -0.25) is 14.5 Å². The number of rotatable bonds is 4. The molecule has 0 atom stereocenters. The van der Waals surface area contributed by atoms with Crippen LogP contribution in [0.15, 0.2) is 29.1 Å². The van der Waals surface area contributed by atoms with E-state index in [0.717, 1.165) is 18.7 Å². The number of nitrogens with zero attached hydrogens (tertiary/aromatic N) is 4. The van der Waals surface area contributed by atoms with Crippen LogP contribution in [-0.4, -0.2) is 63.2 Å². The summed E-state index contributed by atoms with van der Waals surface area (Å²) in [5.74, 6) is -0.938. The molecular weight excluding hydrogens is 367 g/mol. The maximum absolute atomic E-state index is 13.1. The maximum atomic E-state index is 13.1. The molecule has 28 heavy (non-hydrogen) atoms. The fourth-order valence-electron chi connectivity index (χ4n) is 3.56. The molecule has 2 aliphatic rings. The van der Waals surface area contributed by atoms with Gasteiger partial charge in [-0.1, -0.05) is 12.1 Å². The Morgan fingerprint density at radius 2 is 1.75 bits per heavy atom. The molecule has 1 aromatic carbocycles. The molecule has 148 valence electrons. The number of morpholine rings is 1. The predicted octanol–water partition coefficient (Wildman–Crippen LogP) is 0.576. The van der Waals surface area contributed by atoms with Crippen molar-refractivity contribution in [3.05, 3.63) is 57.5 Å². The third-order valence-electron chi connectivity index (χ3n) is 5.08. The number of amides is 1. The Hall–Kier alpha value is -2.78. The highest BCUT2D eigenvalue weighted by atomic mass is 19.1. The van der Waals surface area contributed by atoms with Crippen LogP contribution < -0.4 is 5.56 Å². The second kappa shape index (κ2) is 7.69. The van der Waals surface area contributed by atoms with Gasteiger partial charge in [-0.2, -0.15) is 4.98 Å². The number of carbonyl (C=O) groups excluding carboxylic acids is 1. The van der Waals surface area contributed by atoms with Crippen LogP contribution in [0.25, 0.3) is 0 Å². The van der Waals surface area contributed by atoms with Crippen molar-refractivity contribution in [2.24, 2.45) is 0 Å².